The second kappa shape index (κ2) is 6.53. The number of rotatable bonds is 2. The molecule has 0 aliphatic carbocycles. The zero-order chi connectivity index (χ0) is 13.7. The fourth-order valence-electron chi connectivity index (χ4n) is 2.07. The van der Waals surface area contributed by atoms with Crippen molar-refractivity contribution in [2.24, 2.45) is 0 Å². The lowest BCUT2D eigenvalue weighted by Crippen LogP contribution is -1.74. The van der Waals surface area contributed by atoms with Gasteiger partial charge in [-0.05, 0) is 41.0 Å². The van der Waals surface area contributed by atoms with Crippen molar-refractivity contribution in [3.8, 4) is 10.4 Å². The molecule has 0 nitrogen and oxygen atoms in total. The number of aryl methyl sites for hydroxylation is 1. The van der Waals surface area contributed by atoms with E-state index < -0.39 is 0 Å². The van der Waals surface area contributed by atoms with Gasteiger partial charge in [-0.25, -0.2) is 0 Å². The Hall–Kier alpha value is -1.60. The van der Waals surface area contributed by atoms with Crippen LogP contribution in [0.1, 0.15) is 25.6 Å². The Balaban J connectivity index is 0.000000637. The molecular formula is C18H20S. The van der Waals surface area contributed by atoms with Crippen molar-refractivity contribution in [3.05, 3.63) is 59.5 Å². The topological polar surface area (TPSA) is 0 Å². The molecule has 0 N–H and O–H groups in total. The molecule has 0 amide bonds. The molecule has 98 valence electrons. The first-order valence-corrected chi connectivity index (χ1v) is 7.76. The third kappa shape index (κ3) is 3.05. The lowest BCUT2D eigenvalue weighted by Gasteiger charge is -2.01. The van der Waals surface area contributed by atoms with Crippen molar-refractivity contribution in [3.63, 3.8) is 0 Å². The molecule has 0 radical (unpaired) electrons. The van der Waals surface area contributed by atoms with Crippen molar-refractivity contribution >= 4 is 22.1 Å². The molecule has 3 aromatic rings. The highest BCUT2D eigenvalue weighted by Gasteiger charge is 2.02. The SMILES string of the molecule is CC.CCc1ccc(-c2ccc3ccccc3c2)s1. The van der Waals surface area contributed by atoms with Gasteiger partial charge in [0.1, 0.15) is 0 Å². The Morgan fingerprint density at radius 2 is 1.58 bits per heavy atom. The second-order valence-electron chi connectivity index (χ2n) is 4.18. The van der Waals surface area contributed by atoms with E-state index >= 15 is 0 Å². The van der Waals surface area contributed by atoms with Gasteiger partial charge in [0.25, 0.3) is 0 Å². The Kier molecular flexibility index (Phi) is 4.75. The largest absolute Gasteiger partial charge is 0.140 e. The molecule has 0 aliphatic heterocycles. The quantitative estimate of drug-likeness (QED) is 0.522. The maximum atomic E-state index is 2.28. The Morgan fingerprint density at radius 1 is 0.842 bits per heavy atom. The van der Waals surface area contributed by atoms with Gasteiger partial charge in [-0.2, -0.15) is 0 Å². The molecule has 2 aromatic carbocycles. The predicted molar refractivity (Wildman–Crippen MR) is 88.0 cm³/mol. The summed E-state index contributed by atoms with van der Waals surface area (Å²) in [6.07, 6.45) is 1.12. The van der Waals surface area contributed by atoms with Crippen LogP contribution in [0.25, 0.3) is 21.2 Å². The lowest BCUT2D eigenvalue weighted by molar-refractivity contribution is 1.19. The first kappa shape index (κ1) is 13.8. The normalized spacial score (nSPS) is 10.1. The fraction of sp³-hybridized carbons (Fsp3) is 0.222. The smallest absolute Gasteiger partial charge is 0.0345 e. The maximum absolute atomic E-state index is 2.28. The van der Waals surface area contributed by atoms with Crippen LogP contribution in [-0.4, -0.2) is 0 Å². The van der Waals surface area contributed by atoms with E-state index in [-0.39, 0.29) is 0 Å². The highest BCUT2D eigenvalue weighted by Crippen LogP contribution is 2.30. The molecular weight excluding hydrogens is 248 g/mol. The molecule has 0 saturated carbocycles. The standard InChI is InChI=1S/C16H14S.C2H6/c1-2-15-9-10-16(17-15)14-8-7-12-5-3-4-6-13(12)11-14;1-2/h3-11H,2H2,1H3;1-2H3. The first-order chi connectivity index (χ1) is 9.36. The van der Waals surface area contributed by atoms with Crippen molar-refractivity contribution < 1.29 is 0 Å². The molecule has 0 spiro atoms. The van der Waals surface area contributed by atoms with E-state index in [9.17, 15) is 0 Å². The van der Waals surface area contributed by atoms with Crippen LogP contribution in [0.5, 0.6) is 0 Å². The maximum Gasteiger partial charge on any atom is 0.0345 e. The van der Waals surface area contributed by atoms with Crippen LogP contribution in [0.4, 0.5) is 0 Å². The van der Waals surface area contributed by atoms with Gasteiger partial charge in [0.15, 0.2) is 0 Å². The Labute approximate surface area is 119 Å². The van der Waals surface area contributed by atoms with Gasteiger partial charge >= 0.3 is 0 Å². The number of fused-ring (bicyclic) bond motifs is 1. The summed E-state index contributed by atoms with van der Waals surface area (Å²) < 4.78 is 0. The van der Waals surface area contributed by atoms with Crippen molar-refractivity contribution in [1.82, 2.24) is 0 Å². The summed E-state index contributed by atoms with van der Waals surface area (Å²) in [5.41, 5.74) is 1.33. The third-order valence-electron chi connectivity index (χ3n) is 3.04. The van der Waals surface area contributed by atoms with Gasteiger partial charge in [-0.1, -0.05) is 57.2 Å². The van der Waals surface area contributed by atoms with E-state index in [1.165, 1.54) is 26.1 Å². The molecule has 1 aromatic heterocycles. The second-order valence-corrected chi connectivity index (χ2v) is 5.35. The number of thiophene rings is 1. The van der Waals surface area contributed by atoms with Crippen LogP contribution in [0, 0.1) is 0 Å². The highest BCUT2D eigenvalue weighted by molar-refractivity contribution is 7.15. The molecule has 19 heavy (non-hydrogen) atoms. The van der Waals surface area contributed by atoms with Gasteiger partial charge in [0.2, 0.25) is 0 Å². The summed E-state index contributed by atoms with van der Waals surface area (Å²) in [6, 6.07) is 19.7. The van der Waals surface area contributed by atoms with Crippen LogP contribution in [0.15, 0.2) is 54.6 Å². The zero-order valence-corrected chi connectivity index (χ0v) is 12.6. The van der Waals surface area contributed by atoms with E-state index in [1.807, 2.05) is 25.2 Å². The lowest BCUT2D eigenvalue weighted by atomic mass is 10.1. The monoisotopic (exact) mass is 268 g/mol. The van der Waals surface area contributed by atoms with Crippen LogP contribution in [0.2, 0.25) is 0 Å². The average molecular weight is 268 g/mol. The van der Waals surface area contributed by atoms with E-state index in [0.717, 1.165) is 6.42 Å². The molecule has 1 heterocycles. The number of benzene rings is 2. The molecule has 3 rings (SSSR count). The van der Waals surface area contributed by atoms with Gasteiger partial charge in [-0.15, -0.1) is 11.3 Å². The summed E-state index contributed by atoms with van der Waals surface area (Å²) in [6.45, 7) is 6.20. The van der Waals surface area contributed by atoms with E-state index in [1.54, 1.807) is 0 Å². The molecule has 0 fully saturated rings. The fourth-order valence-corrected chi connectivity index (χ4v) is 3.01. The van der Waals surface area contributed by atoms with Gasteiger partial charge in [0, 0.05) is 9.75 Å². The van der Waals surface area contributed by atoms with Crippen LogP contribution in [0.3, 0.4) is 0 Å². The van der Waals surface area contributed by atoms with Crippen LogP contribution >= 0.6 is 11.3 Å². The molecule has 1 heteroatoms. The number of hydrogen-bond donors (Lipinski definition) is 0. The summed E-state index contributed by atoms with van der Waals surface area (Å²) in [7, 11) is 0. The van der Waals surface area contributed by atoms with E-state index in [4.69, 9.17) is 0 Å². The van der Waals surface area contributed by atoms with Gasteiger partial charge in [0.05, 0.1) is 0 Å². The summed E-state index contributed by atoms with van der Waals surface area (Å²) in [4.78, 5) is 2.82. The predicted octanol–water partition coefficient (Wildman–Crippen LogP) is 6.16. The molecule has 0 unspecified atom stereocenters. The van der Waals surface area contributed by atoms with Gasteiger partial charge in [-0.3, -0.25) is 0 Å². The van der Waals surface area contributed by atoms with E-state index in [2.05, 4.69) is 61.5 Å². The highest BCUT2D eigenvalue weighted by atomic mass is 32.1. The summed E-state index contributed by atoms with van der Waals surface area (Å²) in [5, 5.41) is 2.62. The Morgan fingerprint density at radius 3 is 2.26 bits per heavy atom. The van der Waals surface area contributed by atoms with Crippen molar-refractivity contribution in [1.29, 1.82) is 0 Å². The molecule has 0 saturated heterocycles. The Bertz CT molecular complexity index is 649. The van der Waals surface area contributed by atoms with Crippen LogP contribution < -0.4 is 0 Å². The van der Waals surface area contributed by atoms with E-state index in [0.29, 0.717) is 0 Å². The minimum Gasteiger partial charge on any atom is -0.140 e. The van der Waals surface area contributed by atoms with Crippen molar-refractivity contribution in [2.75, 3.05) is 0 Å². The summed E-state index contributed by atoms with van der Waals surface area (Å²) >= 11 is 1.89. The first-order valence-electron chi connectivity index (χ1n) is 6.94. The van der Waals surface area contributed by atoms with Crippen molar-refractivity contribution in [2.45, 2.75) is 27.2 Å². The van der Waals surface area contributed by atoms with Crippen LogP contribution in [-0.2, 0) is 6.42 Å². The molecule has 0 bridgehead atoms. The molecule has 0 atom stereocenters. The van der Waals surface area contributed by atoms with Gasteiger partial charge < -0.3 is 0 Å². The number of hydrogen-bond acceptors (Lipinski definition) is 1. The zero-order valence-electron chi connectivity index (χ0n) is 11.8. The minimum atomic E-state index is 1.12. The molecule has 0 aliphatic rings. The average Bonchev–Trinajstić information content (AvgIpc) is 2.98. The third-order valence-corrected chi connectivity index (χ3v) is 4.32. The summed E-state index contributed by atoms with van der Waals surface area (Å²) in [5.74, 6) is 0. The minimum absolute atomic E-state index is 1.12.